The van der Waals surface area contributed by atoms with E-state index >= 15 is 0 Å². The Hall–Kier alpha value is 0.110. The topological polar surface area (TPSA) is 47.6 Å². The fourth-order valence-electron chi connectivity index (χ4n) is 4.23. The summed E-state index contributed by atoms with van der Waals surface area (Å²) in [6.45, 7) is 19.7. The Bertz CT molecular complexity index is 464. The lowest BCUT2D eigenvalue weighted by atomic mass is 9.99. The minimum absolute atomic E-state index is 0.0953. The van der Waals surface area contributed by atoms with Gasteiger partial charge in [0.2, 0.25) is 0 Å². The van der Waals surface area contributed by atoms with Gasteiger partial charge in [0.1, 0.15) is 0 Å². The summed E-state index contributed by atoms with van der Waals surface area (Å²) in [6, 6.07) is 0.0953. The van der Waals surface area contributed by atoms with Gasteiger partial charge in [0.15, 0.2) is 0 Å². The van der Waals surface area contributed by atoms with Crippen LogP contribution in [0.15, 0.2) is 0 Å². The number of hydrogen-bond acceptors (Lipinski definition) is 4. The largest absolute Gasteiger partial charge is 0.335 e. The first-order valence-electron chi connectivity index (χ1n) is 14.4. The molecule has 0 aliphatic rings. The van der Waals surface area contributed by atoms with Gasteiger partial charge >= 0.3 is 7.60 Å². The van der Waals surface area contributed by atoms with Crippen molar-refractivity contribution < 1.29 is 13.6 Å². The molecule has 5 unspecified atom stereocenters. The molecule has 0 amide bonds. The summed E-state index contributed by atoms with van der Waals surface area (Å²) >= 11 is 0. The van der Waals surface area contributed by atoms with Crippen molar-refractivity contribution in [2.24, 2.45) is 17.8 Å². The average molecular weight is 490 g/mol. The molecular weight excluding hydrogens is 429 g/mol. The molecule has 0 aromatic rings. The van der Waals surface area contributed by atoms with Crippen LogP contribution in [0, 0.1) is 17.8 Å². The summed E-state index contributed by atoms with van der Waals surface area (Å²) in [5, 5.41) is 3.69. The summed E-state index contributed by atoms with van der Waals surface area (Å²) in [7, 11) is -3.22. The second-order valence-corrected chi connectivity index (χ2v) is 12.7. The Morgan fingerprint density at radius 2 is 1.06 bits per heavy atom. The van der Waals surface area contributed by atoms with E-state index in [1.54, 1.807) is 0 Å². The van der Waals surface area contributed by atoms with Crippen molar-refractivity contribution in [2.45, 2.75) is 144 Å². The molecule has 5 atom stereocenters. The molecule has 0 aliphatic heterocycles. The second kappa shape index (κ2) is 20.3. The van der Waals surface area contributed by atoms with Crippen LogP contribution < -0.4 is 5.32 Å². The van der Waals surface area contributed by atoms with Gasteiger partial charge in [0.05, 0.1) is 18.9 Å². The molecular formula is C28H60NO3P. The Labute approximate surface area is 208 Å². The van der Waals surface area contributed by atoms with Gasteiger partial charge in [-0.3, -0.25) is 4.57 Å². The van der Waals surface area contributed by atoms with Crippen molar-refractivity contribution in [1.82, 2.24) is 5.32 Å². The average Bonchev–Trinajstić information content (AvgIpc) is 2.83. The molecule has 0 aliphatic carbocycles. The Morgan fingerprint density at radius 1 is 0.667 bits per heavy atom. The number of unbranched alkanes of at least 4 members (excludes halogenated alkanes) is 3. The summed E-state index contributed by atoms with van der Waals surface area (Å²) < 4.78 is 26.7. The van der Waals surface area contributed by atoms with Crippen LogP contribution in [0.3, 0.4) is 0 Å². The van der Waals surface area contributed by atoms with Crippen LogP contribution in [0.5, 0.6) is 0 Å². The molecule has 0 aromatic heterocycles. The maximum absolute atomic E-state index is 14.1. The standard InChI is InChI=1S/C28H60NO3P/c1-9-15-18-26(12-4)21-29-24(7)25(8)33(30,31-22-27(13-5)19-16-10-2)32-23-28(14-6)20-17-11-3/h24-29H,9-23H2,1-8H3. The number of hydrogen-bond donors (Lipinski definition) is 1. The monoisotopic (exact) mass is 489 g/mol. The third-order valence-corrected chi connectivity index (χ3v) is 10.0. The molecule has 0 aromatic carbocycles. The van der Waals surface area contributed by atoms with Crippen LogP contribution in [0.1, 0.15) is 132 Å². The molecule has 1 N–H and O–H groups in total. The van der Waals surface area contributed by atoms with Gasteiger partial charge < -0.3 is 14.4 Å². The van der Waals surface area contributed by atoms with E-state index < -0.39 is 7.60 Å². The van der Waals surface area contributed by atoms with Gasteiger partial charge in [-0.05, 0) is 57.4 Å². The molecule has 0 rings (SSSR count). The van der Waals surface area contributed by atoms with E-state index in [1.165, 1.54) is 51.4 Å². The van der Waals surface area contributed by atoms with Gasteiger partial charge in [-0.15, -0.1) is 0 Å². The highest BCUT2D eigenvalue weighted by atomic mass is 31.2. The van der Waals surface area contributed by atoms with E-state index in [0.29, 0.717) is 31.0 Å². The van der Waals surface area contributed by atoms with Crippen LogP contribution in [0.25, 0.3) is 0 Å². The van der Waals surface area contributed by atoms with Crippen molar-refractivity contribution in [3.63, 3.8) is 0 Å². The van der Waals surface area contributed by atoms with Crippen LogP contribution in [0.2, 0.25) is 0 Å². The van der Waals surface area contributed by atoms with E-state index in [2.05, 4.69) is 60.7 Å². The Balaban J connectivity index is 5.23. The van der Waals surface area contributed by atoms with Crippen LogP contribution in [0.4, 0.5) is 0 Å². The Kier molecular flexibility index (Phi) is 20.4. The van der Waals surface area contributed by atoms with Gasteiger partial charge in [0, 0.05) is 6.04 Å². The third kappa shape index (κ3) is 14.3. The quantitative estimate of drug-likeness (QED) is 0.145. The predicted octanol–water partition coefficient (Wildman–Crippen LogP) is 9.23. The zero-order chi connectivity index (χ0) is 25.1. The SMILES string of the molecule is CCCCC(CC)CNC(C)C(C)P(=O)(OCC(CC)CCCC)OCC(CC)CCCC. The van der Waals surface area contributed by atoms with Gasteiger partial charge in [-0.1, -0.05) is 99.3 Å². The molecule has 5 heteroatoms. The molecule has 33 heavy (non-hydrogen) atoms. The minimum Gasteiger partial charge on any atom is -0.313 e. The smallest absolute Gasteiger partial charge is 0.313 e. The highest BCUT2D eigenvalue weighted by molar-refractivity contribution is 7.54. The molecule has 0 radical (unpaired) electrons. The molecule has 0 heterocycles. The number of rotatable bonds is 23. The summed E-state index contributed by atoms with van der Waals surface area (Å²) in [4.78, 5) is 0. The third-order valence-electron chi connectivity index (χ3n) is 7.56. The lowest BCUT2D eigenvalue weighted by Gasteiger charge is -2.32. The molecule has 4 nitrogen and oxygen atoms in total. The summed E-state index contributed by atoms with van der Waals surface area (Å²) in [6.07, 6.45) is 14.1. The van der Waals surface area contributed by atoms with Gasteiger partial charge in [-0.2, -0.15) is 0 Å². The van der Waals surface area contributed by atoms with Crippen molar-refractivity contribution in [2.75, 3.05) is 19.8 Å². The fraction of sp³-hybridized carbons (Fsp3) is 1.00. The van der Waals surface area contributed by atoms with Gasteiger partial charge in [0.25, 0.3) is 0 Å². The highest BCUT2D eigenvalue weighted by Crippen LogP contribution is 2.55. The lowest BCUT2D eigenvalue weighted by molar-refractivity contribution is 0.144. The molecule has 0 saturated heterocycles. The Morgan fingerprint density at radius 3 is 1.42 bits per heavy atom. The van der Waals surface area contributed by atoms with E-state index in [-0.39, 0.29) is 11.7 Å². The van der Waals surface area contributed by atoms with Crippen molar-refractivity contribution >= 4 is 7.60 Å². The molecule has 0 fully saturated rings. The summed E-state index contributed by atoms with van der Waals surface area (Å²) in [5.74, 6) is 1.59. The maximum Gasteiger partial charge on any atom is 0.335 e. The number of nitrogens with one attached hydrogen (secondary N) is 1. The molecule has 0 spiro atoms. The predicted molar refractivity (Wildman–Crippen MR) is 146 cm³/mol. The zero-order valence-corrected chi connectivity index (χ0v) is 24.6. The van der Waals surface area contributed by atoms with Crippen LogP contribution in [-0.4, -0.2) is 31.5 Å². The highest BCUT2D eigenvalue weighted by Gasteiger charge is 2.37. The van der Waals surface area contributed by atoms with Crippen molar-refractivity contribution in [3.8, 4) is 0 Å². The van der Waals surface area contributed by atoms with Crippen molar-refractivity contribution in [3.05, 3.63) is 0 Å². The van der Waals surface area contributed by atoms with Crippen LogP contribution >= 0.6 is 7.60 Å². The molecule has 0 bridgehead atoms. The van der Waals surface area contributed by atoms with E-state index in [4.69, 9.17) is 9.05 Å². The van der Waals surface area contributed by atoms with E-state index in [1.807, 2.05) is 0 Å². The molecule has 200 valence electrons. The first-order chi connectivity index (χ1) is 15.8. The first-order valence-corrected chi connectivity index (χ1v) is 16.0. The second-order valence-electron chi connectivity index (χ2n) is 10.3. The van der Waals surface area contributed by atoms with E-state index in [9.17, 15) is 4.57 Å². The van der Waals surface area contributed by atoms with Gasteiger partial charge in [-0.25, -0.2) is 0 Å². The zero-order valence-electron chi connectivity index (χ0n) is 23.7. The van der Waals surface area contributed by atoms with E-state index in [0.717, 1.165) is 32.2 Å². The molecule has 0 saturated carbocycles. The maximum atomic E-state index is 14.1. The lowest BCUT2D eigenvalue weighted by Crippen LogP contribution is -2.39. The van der Waals surface area contributed by atoms with Crippen molar-refractivity contribution in [1.29, 1.82) is 0 Å². The fourth-order valence-corrected chi connectivity index (χ4v) is 6.26. The minimum atomic E-state index is -3.22. The first kappa shape index (κ1) is 33.1. The normalized spacial score (nSPS) is 18.4. The van der Waals surface area contributed by atoms with Crippen LogP contribution in [-0.2, 0) is 13.6 Å². The summed E-state index contributed by atoms with van der Waals surface area (Å²) in [5.41, 5.74) is -0.159.